The number of carbonyl (C=O) groups is 4. The largest absolute Gasteiger partial charge is 0.481 e. The number of ketones is 2. The lowest BCUT2D eigenvalue weighted by Crippen LogP contribution is -2.18. The lowest BCUT2D eigenvalue weighted by atomic mass is 9.93. The third-order valence-corrected chi connectivity index (χ3v) is 7.99. The van der Waals surface area contributed by atoms with E-state index < -0.39 is 17.9 Å². The van der Waals surface area contributed by atoms with E-state index in [0.29, 0.717) is 37.9 Å². The van der Waals surface area contributed by atoms with Crippen LogP contribution >= 0.6 is 0 Å². The maximum Gasteiger partial charge on any atom is 0.306 e. The fourth-order valence-electron chi connectivity index (χ4n) is 5.35. The molecule has 1 atom stereocenters. The van der Waals surface area contributed by atoms with Crippen molar-refractivity contribution in [1.82, 2.24) is 0 Å². The van der Waals surface area contributed by atoms with Gasteiger partial charge in [-0.15, -0.1) is 0 Å². The van der Waals surface area contributed by atoms with Gasteiger partial charge in [0.25, 0.3) is 0 Å². The summed E-state index contributed by atoms with van der Waals surface area (Å²) in [5.41, 5.74) is 0. The van der Waals surface area contributed by atoms with Gasteiger partial charge in [-0.2, -0.15) is 0 Å². The molecule has 0 fully saturated rings. The quantitative estimate of drug-likeness (QED) is 0.0784. The highest BCUT2D eigenvalue weighted by Gasteiger charge is 2.20. The predicted molar refractivity (Wildman–Crippen MR) is 164 cm³/mol. The summed E-state index contributed by atoms with van der Waals surface area (Å²) in [5.74, 6) is -1.93. The summed E-state index contributed by atoms with van der Waals surface area (Å²) in [7, 11) is 0. The number of Topliss-reactive ketones (excluding diaryl/α,β-unsaturated/α-hetero) is 2. The van der Waals surface area contributed by atoms with Crippen molar-refractivity contribution in [1.29, 1.82) is 0 Å². The van der Waals surface area contributed by atoms with E-state index in [1.165, 1.54) is 70.6 Å². The molecule has 0 aromatic heterocycles. The van der Waals surface area contributed by atoms with Crippen molar-refractivity contribution in [3.63, 3.8) is 0 Å². The van der Waals surface area contributed by atoms with Crippen LogP contribution in [0.15, 0.2) is 0 Å². The Bertz CT molecular complexity index is 644. The van der Waals surface area contributed by atoms with Crippen LogP contribution in [0.1, 0.15) is 187 Å². The van der Waals surface area contributed by atoms with Crippen LogP contribution < -0.4 is 0 Å². The number of unbranched alkanes of at least 4 members (excludes halogenated alkanes) is 19. The Labute approximate surface area is 245 Å². The fraction of sp³-hybridized carbons (Fsp3) is 0.882. The summed E-state index contributed by atoms with van der Waals surface area (Å²) < 4.78 is 0. The summed E-state index contributed by atoms with van der Waals surface area (Å²) >= 11 is 0. The number of carbonyl (C=O) groups excluding carboxylic acids is 2. The molecular formula is C34H62O6. The monoisotopic (exact) mass is 566 g/mol. The highest BCUT2D eigenvalue weighted by Crippen LogP contribution is 2.19. The zero-order valence-corrected chi connectivity index (χ0v) is 25.9. The molecule has 234 valence electrons. The van der Waals surface area contributed by atoms with Crippen LogP contribution in [0.25, 0.3) is 0 Å². The van der Waals surface area contributed by atoms with Crippen molar-refractivity contribution < 1.29 is 29.4 Å². The van der Waals surface area contributed by atoms with Crippen LogP contribution in [0.2, 0.25) is 0 Å². The van der Waals surface area contributed by atoms with Crippen LogP contribution in [-0.2, 0) is 19.2 Å². The van der Waals surface area contributed by atoms with Gasteiger partial charge in [0.1, 0.15) is 11.6 Å². The molecule has 6 nitrogen and oxygen atoms in total. The van der Waals surface area contributed by atoms with Gasteiger partial charge in [0.05, 0.1) is 5.92 Å². The van der Waals surface area contributed by atoms with Crippen molar-refractivity contribution in [3.05, 3.63) is 0 Å². The first kappa shape index (κ1) is 38.3. The molecule has 0 saturated carbocycles. The molecule has 0 aliphatic rings. The van der Waals surface area contributed by atoms with Crippen molar-refractivity contribution in [2.45, 2.75) is 187 Å². The van der Waals surface area contributed by atoms with E-state index in [-0.39, 0.29) is 18.6 Å². The van der Waals surface area contributed by atoms with Crippen molar-refractivity contribution in [2.75, 3.05) is 0 Å². The zero-order valence-electron chi connectivity index (χ0n) is 25.9. The molecule has 0 amide bonds. The number of rotatable bonds is 32. The Morgan fingerprint density at radius 3 is 1.20 bits per heavy atom. The van der Waals surface area contributed by atoms with Crippen LogP contribution in [0.4, 0.5) is 0 Å². The molecule has 0 radical (unpaired) electrons. The first-order valence-corrected chi connectivity index (χ1v) is 16.8. The highest BCUT2D eigenvalue weighted by molar-refractivity contribution is 5.83. The Balaban J connectivity index is 3.64. The number of hydrogen-bond donors (Lipinski definition) is 2. The molecule has 0 saturated heterocycles. The molecule has 0 spiro atoms. The van der Waals surface area contributed by atoms with Gasteiger partial charge in [0.15, 0.2) is 0 Å². The summed E-state index contributed by atoms with van der Waals surface area (Å²) in [6, 6.07) is 0. The summed E-state index contributed by atoms with van der Waals surface area (Å²) in [6.07, 6.45) is 27.1. The molecule has 1 unspecified atom stereocenters. The van der Waals surface area contributed by atoms with E-state index in [1.807, 2.05) is 0 Å². The SMILES string of the molecule is CCCCCCCCCCCCCCCC(=O)CCCCCC(CC(=O)CCCCCCCCC(=O)O)C(=O)O. The van der Waals surface area contributed by atoms with Crippen molar-refractivity contribution in [3.8, 4) is 0 Å². The van der Waals surface area contributed by atoms with E-state index in [9.17, 15) is 24.3 Å². The Hall–Kier alpha value is -1.72. The van der Waals surface area contributed by atoms with Gasteiger partial charge in [0.2, 0.25) is 0 Å². The molecular weight excluding hydrogens is 504 g/mol. The second-order valence-electron chi connectivity index (χ2n) is 11.9. The molecule has 0 aliphatic heterocycles. The summed E-state index contributed by atoms with van der Waals surface area (Å²) in [6.45, 7) is 2.26. The van der Waals surface area contributed by atoms with Crippen molar-refractivity contribution in [2.24, 2.45) is 5.92 Å². The first-order valence-electron chi connectivity index (χ1n) is 16.8. The molecule has 2 N–H and O–H groups in total. The molecule has 0 bridgehead atoms. The van der Waals surface area contributed by atoms with Crippen LogP contribution in [-0.4, -0.2) is 33.7 Å². The third-order valence-electron chi connectivity index (χ3n) is 7.99. The lowest BCUT2D eigenvalue weighted by Gasteiger charge is -2.11. The van der Waals surface area contributed by atoms with Crippen LogP contribution in [0.5, 0.6) is 0 Å². The number of aliphatic carboxylic acids is 2. The van der Waals surface area contributed by atoms with E-state index in [0.717, 1.165) is 64.2 Å². The predicted octanol–water partition coefficient (Wildman–Crippen LogP) is 9.85. The molecule has 6 heteroatoms. The van der Waals surface area contributed by atoms with Gasteiger partial charge in [-0.05, 0) is 32.1 Å². The lowest BCUT2D eigenvalue weighted by molar-refractivity contribution is -0.144. The maximum absolute atomic E-state index is 12.2. The van der Waals surface area contributed by atoms with E-state index >= 15 is 0 Å². The van der Waals surface area contributed by atoms with Gasteiger partial charge in [0, 0.05) is 32.1 Å². The van der Waals surface area contributed by atoms with Crippen LogP contribution in [0.3, 0.4) is 0 Å². The molecule has 40 heavy (non-hydrogen) atoms. The van der Waals surface area contributed by atoms with E-state index in [4.69, 9.17) is 5.11 Å². The van der Waals surface area contributed by atoms with Gasteiger partial charge in [-0.3, -0.25) is 19.2 Å². The number of hydrogen-bond acceptors (Lipinski definition) is 4. The molecule has 0 aliphatic carbocycles. The smallest absolute Gasteiger partial charge is 0.306 e. The maximum atomic E-state index is 12.2. The minimum absolute atomic E-state index is 0.0197. The van der Waals surface area contributed by atoms with Gasteiger partial charge < -0.3 is 10.2 Å². The van der Waals surface area contributed by atoms with Gasteiger partial charge in [-0.1, -0.05) is 122 Å². The average Bonchev–Trinajstić information content (AvgIpc) is 2.91. The number of carboxylic acids is 2. The Morgan fingerprint density at radius 2 is 0.800 bits per heavy atom. The fourth-order valence-corrected chi connectivity index (χ4v) is 5.35. The molecule has 0 heterocycles. The van der Waals surface area contributed by atoms with Gasteiger partial charge >= 0.3 is 11.9 Å². The first-order chi connectivity index (χ1) is 19.4. The molecule has 0 rings (SSSR count). The second-order valence-corrected chi connectivity index (χ2v) is 11.9. The standard InChI is InChI=1S/C34H62O6/c1-2-3-4-5-6-7-8-9-10-11-12-15-20-25-31(35)26-22-18-19-24-30(34(39)40)29-32(36)27-21-16-13-14-17-23-28-33(37)38/h30H,2-29H2,1H3,(H,37,38)(H,39,40). The van der Waals surface area contributed by atoms with Crippen molar-refractivity contribution >= 4 is 23.5 Å². The molecule has 0 aromatic carbocycles. The second kappa shape index (κ2) is 28.8. The Kier molecular flexibility index (Phi) is 27.6. The van der Waals surface area contributed by atoms with Gasteiger partial charge in [-0.25, -0.2) is 0 Å². The zero-order chi connectivity index (χ0) is 29.7. The van der Waals surface area contributed by atoms with E-state index in [2.05, 4.69) is 6.92 Å². The number of carboxylic acid groups (broad SMARTS) is 2. The topological polar surface area (TPSA) is 109 Å². The summed E-state index contributed by atoms with van der Waals surface area (Å²) in [4.78, 5) is 46.5. The summed E-state index contributed by atoms with van der Waals surface area (Å²) in [5, 5.41) is 18.1. The molecule has 0 aromatic rings. The minimum atomic E-state index is -0.898. The van der Waals surface area contributed by atoms with E-state index in [1.54, 1.807) is 0 Å². The average molecular weight is 567 g/mol. The third kappa shape index (κ3) is 27.8. The normalized spacial score (nSPS) is 11.9. The Morgan fingerprint density at radius 1 is 0.450 bits per heavy atom. The highest BCUT2D eigenvalue weighted by atomic mass is 16.4. The van der Waals surface area contributed by atoms with Crippen LogP contribution in [0, 0.1) is 5.92 Å². The minimum Gasteiger partial charge on any atom is -0.481 e.